The lowest BCUT2D eigenvalue weighted by molar-refractivity contribution is 0.0604. The molecule has 4 nitrogen and oxygen atoms in total. The highest BCUT2D eigenvalue weighted by atomic mass is 16.5. The monoisotopic (exact) mass is 265 g/mol. The fourth-order valence-electron chi connectivity index (χ4n) is 2.52. The molecular formula is C15H23NO3. The average Bonchev–Trinajstić information content (AvgIpc) is 2.44. The molecule has 3 N–H and O–H groups in total. The van der Waals surface area contributed by atoms with E-state index in [9.17, 15) is 5.11 Å². The van der Waals surface area contributed by atoms with Crippen LogP contribution in [-0.2, 0) is 17.6 Å². The first kappa shape index (κ1) is 14.3. The number of ether oxygens (including phenoxy) is 2. The summed E-state index contributed by atoms with van der Waals surface area (Å²) in [7, 11) is 1.59. The number of methoxy groups -OCH3 is 1. The van der Waals surface area contributed by atoms with E-state index in [1.54, 1.807) is 7.11 Å². The van der Waals surface area contributed by atoms with E-state index < -0.39 is 6.10 Å². The van der Waals surface area contributed by atoms with E-state index in [1.807, 2.05) is 6.07 Å². The smallest absolute Gasteiger partial charge is 0.139 e. The molecule has 1 aromatic carbocycles. The number of fused-ring (bicyclic) bond motifs is 1. The molecule has 1 aliphatic carbocycles. The van der Waals surface area contributed by atoms with E-state index in [2.05, 4.69) is 12.1 Å². The Bertz CT molecular complexity index is 408. The molecule has 1 aromatic rings. The van der Waals surface area contributed by atoms with Crippen LogP contribution in [0, 0.1) is 0 Å². The number of aryl methyl sites for hydroxylation is 2. The second-order valence-corrected chi connectivity index (χ2v) is 5.10. The highest BCUT2D eigenvalue weighted by Gasteiger charge is 2.19. The first-order valence-electron chi connectivity index (χ1n) is 6.88. The number of nitrogens with two attached hydrogens (primary N) is 1. The molecule has 4 heteroatoms. The minimum absolute atomic E-state index is 0.110. The summed E-state index contributed by atoms with van der Waals surface area (Å²) in [5, 5.41) is 9.36. The van der Waals surface area contributed by atoms with Crippen molar-refractivity contribution >= 4 is 0 Å². The van der Waals surface area contributed by atoms with E-state index in [-0.39, 0.29) is 12.6 Å². The molecule has 2 unspecified atom stereocenters. The van der Waals surface area contributed by atoms with Crippen molar-refractivity contribution in [2.24, 2.45) is 5.73 Å². The van der Waals surface area contributed by atoms with Gasteiger partial charge in [0.25, 0.3) is 0 Å². The Kier molecular flexibility index (Phi) is 5.19. The van der Waals surface area contributed by atoms with Gasteiger partial charge in [0, 0.05) is 7.11 Å². The highest BCUT2D eigenvalue weighted by molar-refractivity contribution is 5.37. The molecule has 0 fully saturated rings. The zero-order valence-electron chi connectivity index (χ0n) is 11.5. The lowest BCUT2D eigenvalue weighted by Gasteiger charge is -2.24. The predicted octanol–water partition coefficient (Wildman–Crippen LogP) is 1.28. The number of rotatable bonds is 6. The largest absolute Gasteiger partial charge is 0.486 e. The average molecular weight is 265 g/mol. The first-order valence-corrected chi connectivity index (χ1v) is 6.88. The molecule has 0 bridgehead atoms. The van der Waals surface area contributed by atoms with Crippen LogP contribution in [0.2, 0.25) is 0 Å². The summed E-state index contributed by atoms with van der Waals surface area (Å²) < 4.78 is 10.8. The van der Waals surface area contributed by atoms with Gasteiger partial charge in [0.1, 0.15) is 11.9 Å². The minimum Gasteiger partial charge on any atom is -0.486 e. The summed E-state index contributed by atoms with van der Waals surface area (Å²) in [6.07, 6.45) is 4.35. The molecule has 0 aromatic heterocycles. The number of aliphatic hydroxyl groups is 1. The van der Waals surface area contributed by atoms with Gasteiger partial charge in [0.05, 0.1) is 19.3 Å². The van der Waals surface area contributed by atoms with Crippen molar-refractivity contribution in [1.82, 2.24) is 0 Å². The lowest BCUT2D eigenvalue weighted by atomic mass is 9.92. The zero-order valence-corrected chi connectivity index (χ0v) is 11.5. The van der Waals surface area contributed by atoms with Crippen molar-refractivity contribution in [2.75, 3.05) is 20.3 Å². The fourth-order valence-corrected chi connectivity index (χ4v) is 2.52. The molecular weight excluding hydrogens is 242 g/mol. The number of benzene rings is 1. The minimum atomic E-state index is -0.429. The summed E-state index contributed by atoms with van der Waals surface area (Å²) in [6.45, 7) is 0.262. The summed E-state index contributed by atoms with van der Waals surface area (Å²) >= 11 is 0. The molecule has 0 spiro atoms. The van der Waals surface area contributed by atoms with Crippen LogP contribution in [0.3, 0.4) is 0 Å². The first-order chi connectivity index (χ1) is 9.24. The van der Waals surface area contributed by atoms with Crippen LogP contribution in [0.4, 0.5) is 0 Å². The van der Waals surface area contributed by atoms with Crippen LogP contribution in [0.1, 0.15) is 24.0 Å². The Morgan fingerprint density at radius 2 is 2.00 bits per heavy atom. The standard InChI is InChI=1S/C15H23NO3/c1-18-10-14(16)15(9-17)19-13-7-6-11-4-2-3-5-12(11)8-13/h6-8,14-15,17H,2-5,9-10,16H2,1H3. The van der Waals surface area contributed by atoms with Crippen molar-refractivity contribution in [3.8, 4) is 5.75 Å². The second kappa shape index (κ2) is 6.89. The van der Waals surface area contributed by atoms with Crippen molar-refractivity contribution in [3.63, 3.8) is 0 Å². The Balaban J connectivity index is 2.05. The second-order valence-electron chi connectivity index (χ2n) is 5.10. The van der Waals surface area contributed by atoms with E-state index in [1.165, 1.54) is 24.0 Å². The summed E-state index contributed by atoms with van der Waals surface area (Å²) in [5.41, 5.74) is 8.69. The Hall–Kier alpha value is -1.10. The molecule has 1 aliphatic rings. The molecule has 0 radical (unpaired) electrons. The van der Waals surface area contributed by atoms with Crippen LogP contribution >= 0.6 is 0 Å². The summed E-state index contributed by atoms with van der Waals surface area (Å²) in [6, 6.07) is 5.84. The zero-order chi connectivity index (χ0) is 13.7. The summed E-state index contributed by atoms with van der Waals surface area (Å²) in [5.74, 6) is 0.784. The third-order valence-corrected chi connectivity index (χ3v) is 3.62. The van der Waals surface area contributed by atoms with Gasteiger partial charge in [-0.25, -0.2) is 0 Å². The number of hydrogen-bond acceptors (Lipinski definition) is 4. The Morgan fingerprint density at radius 3 is 2.68 bits per heavy atom. The highest BCUT2D eigenvalue weighted by Crippen LogP contribution is 2.26. The van der Waals surface area contributed by atoms with Crippen LogP contribution < -0.4 is 10.5 Å². The van der Waals surface area contributed by atoms with E-state index in [0.717, 1.165) is 18.6 Å². The van der Waals surface area contributed by atoms with Crippen molar-refractivity contribution < 1.29 is 14.6 Å². The van der Waals surface area contributed by atoms with Gasteiger partial charge in [-0.2, -0.15) is 0 Å². The number of aliphatic hydroxyl groups excluding tert-OH is 1. The molecule has 0 heterocycles. The van der Waals surface area contributed by atoms with Gasteiger partial charge < -0.3 is 20.3 Å². The van der Waals surface area contributed by atoms with Crippen LogP contribution in [-0.4, -0.2) is 37.6 Å². The van der Waals surface area contributed by atoms with E-state index >= 15 is 0 Å². The van der Waals surface area contributed by atoms with Crippen molar-refractivity contribution in [2.45, 2.75) is 37.8 Å². The maximum absolute atomic E-state index is 9.36. The molecule has 0 aliphatic heterocycles. The predicted molar refractivity (Wildman–Crippen MR) is 74.4 cm³/mol. The maximum Gasteiger partial charge on any atom is 0.139 e. The molecule has 2 rings (SSSR count). The normalized spacial score (nSPS) is 17.6. The van der Waals surface area contributed by atoms with Gasteiger partial charge in [-0.15, -0.1) is 0 Å². The molecule has 0 saturated heterocycles. The van der Waals surface area contributed by atoms with Gasteiger partial charge in [-0.05, 0) is 48.9 Å². The van der Waals surface area contributed by atoms with Gasteiger partial charge in [0.15, 0.2) is 0 Å². The van der Waals surface area contributed by atoms with Crippen molar-refractivity contribution in [1.29, 1.82) is 0 Å². The van der Waals surface area contributed by atoms with Gasteiger partial charge in [0.2, 0.25) is 0 Å². The van der Waals surface area contributed by atoms with Crippen LogP contribution in [0.5, 0.6) is 5.75 Å². The van der Waals surface area contributed by atoms with Crippen molar-refractivity contribution in [3.05, 3.63) is 29.3 Å². The van der Waals surface area contributed by atoms with Crippen LogP contribution in [0.15, 0.2) is 18.2 Å². The number of hydrogen-bond donors (Lipinski definition) is 2. The van der Waals surface area contributed by atoms with Gasteiger partial charge >= 0.3 is 0 Å². The molecule has 19 heavy (non-hydrogen) atoms. The SMILES string of the molecule is COCC(N)C(CO)Oc1ccc2c(c1)CCCC2. The summed E-state index contributed by atoms with van der Waals surface area (Å²) in [4.78, 5) is 0. The van der Waals surface area contributed by atoms with Gasteiger partial charge in [-0.1, -0.05) is 6.07 Å². The topological polar surface area (TPSA) is 64.7 Å². The third-order valence-electron chi connectivity index (χ3n) is 3.62. The van der Waals surface area contributed by atoms with Crippen LogP contribution in [0.25, 0.3) is 0 Å². The molecule has 106 valence electrons. The molecule has 0 amide bonds. The molecule has 0 saturated carbocycles. The Morgan fingerprint density at radius 1 is 1.26 bits per heavy atom. The third kappa shape index (κ3) is 3.69. The van der Waals surface area contributed by atoms with E-state index in [0.29, 0.717) is 6.61 Å². The van der Waals surface area contributed by atoms with Gasteiger partial charge in [-0.3, -0.25) is 0 Å². The maximum atomic E-state index is 9.36. The lowest BCUT2D eigenvalue weighted by Crippen LogP contribution is -2.44. The molecule has 2 atom stereocenters. The quantitative estimate of drug-likeness (QED) is 0.813. The Labute approximate surface area is 114 Å². The van der Waals surface area contributed by atoms with E-state index in [4.69, 9.17) is 15.2 Å². The fraction of sp³-hybridized carbons (Fsp3) is 0.600.